The smallest absolute Gasteiger partial charge is 0.209 e. The molecule has 142 valence electrons. The molecule has 1 aliphatic rings. The van der Waals surface area contributed by atoms with Crippen molar-refractivity contribution in [3.63, 3.8) is 0 Å². The molecule has 1 aromatic carbocycles. The van der Waals surface area contributed by atoms with Gasteiger partial charge in [0.2, 0.25) is 5.13 Å². The molecule has 1 N–H and O–H groups in total. The fourth-order valence-corrected chi connectivity index (χ4v) is 5.80. The summed E-state index contributed by atoms with van der Waals surface area (Å²) in [4.78, 5) is 2.13. The molecule has 0 saturated carbocycles. The number of halogens is 1. The van der Waals surface area contributed by atoms with Crippen LogP contribution in [0, 0.1) is 9.77 Å². The van der Waals surface area contributed by atoms with E-state index < -0.39 is 9.84 Å². The fourth-order valence-electron chi connectivity index (χ4n) is 3.03. The Balaban J connectivity index is 1.74. The molecule has 1 aromatic heterocycles. The van der Waals surface area contributed by atoms with Crippen molar-refractivity contribution in [1.29, 1.82) is 0 Å². The Morgan fingerprint density at radius 2 is 2.31 bits per heavy atom. The number of nitrogens with zero attached hydrogens (tertiary/aromatic N) is 3. The van der Waals surface area contributed by atoms with Crippen LogP contribution in [0.1, 0.15) is 19.8 Å². The Hall–Kier alpha value is -1.36. The minimum Gasteiger partial charge on any atom is -0.330 e. The Morgan fingerprint density at radius 3 is 2.96 bits per heavy atom. The summed E-state index contributed by atoms with van der Waals surface area (Å²) in [6.45, 7) is 3.30. The third-order valence-corrected chi connectivity index (χ3v) is 7.21. The monoisotopic (exact) mass is 416 g/mol. The largest absolute Gasteiger partial charge is 0.330 e. The van der Waals surface area contributed by atoms with Crippen LogP contribution < -0.4 is 5.32 Å². The molecule has 1 aliphatic heterocycles. The van der Waals surface area contributed by atoms with Gasteiger partial charge in [-0.05, 0) is 49.8 Å². The predicted octanol–water partition coefficient (Wildman–Crippen LogP) is 3.41. The molecule has 26 heavy (non-hydrogen) atoms. The minimum absolute atomic E-state index is 0.00294. The van der Waals surface area contributed by atoms with Crippen LogP contribution in [0.5, 0.6) is 0 Å². The highest BCUT2D eigenvalue weighted by Gasteiger charge is 2.32. The Labute approximate surface area is 161 Å². The molecular formula is C16H21FN4O2S3. The average Bonchev–Trinajstić information content (AvgIpc) is 3.09. The summed E-state index contributed by atoms with van der Waals surface area (Å²) in [7, 11) is -2.94. The van der Waals surface area contributed by atoms with E-state index in [1.165, 1.54) is 23.5 Å². The second kappa shape index (κ2) is 8.12. The standard InChI is InChI=1S/C16H21FN4O2S3/c1-2-7-20(14-6-8-26(22,23)10-14)11-21-16(24)25-15(19-21)18-13-5-3-4-12(17)9-13/h3-5,9,14H,2,6-8,10-11H2,1H3,(H,18,19). The van der Waals surface area contributed by atoms with Crippen molar-refractivity contribution < 1.29 is 12.8 Å². The van der Waals surface area contributed by atoms with Crippen molar-refractivity contribution in [3.05, 3.63) is 34.0 Å². The van der Waals surface area contributed by atoms with Gasteiger partial charge in [-0.1, -0.05) is 24.3 Å². The van der Waals surface area contributed by atoms with E-state index >= 15 is 0 Å². The van der Waals surface area contributed by atoms with Gasteiger partial charge in [0, 0.05) is 11.7 Å². The summed E-state index contributed by atoms with van der Waals surface area (Å²) in [6, 6.07) is 6.15. The molecule has 0 amide bonds. The normalized spacial score (nSPS) is 19.1. The summed E-state index contributed by atoms with van der Waals surface area (Å²) in [5.41, 5.74) is 0.605. The molecule has 1 atom stereocenters. The molecule has 3 rings (SSSR count). The van der Waals surface area contributed by atoms with Crippen molar-refractivity contribution in [1.82, 2.24) is 14.7 Å². The zero-order valence-electron chi connectivity index (χ0n) is 14.4. The first-order valence-corrected chi connectivity index (χ1v) is 11.5. The van der Waals surface area contributed by atoms with E-state index in [9.17, 15) is 12.8 Å². The number of nitrogens with one attached hydrogen (secondary N) is 1. The number of hydrogen-bond donors (Lipinski definition) is 1. The third-order valence-electron chi connectivity index (χ3n) is 4.23. The fraction of sp³-hybridized carbons (Fsp3) is 0.500. The van der Waals surface area contributed by atoms with Crippen molar-refractivity contribution in [2.45, 2.75) is 32.5 Å². The van der Waals surface area contributed by atoms with Gasteiger partial charge < -0.3 is 5.32 Å². The van der Waals surface area contributed by atoms with Gasteiger partial charge in [-0.25, -0.2) is 17.5 Å². The molecule has 1 fully saturated rings. The molecular weight excluding hydrogens is 395 g/mol. The van der Waals surface area contributed by atoms with Gasteiger partial charge in [-0.3, -0.25) is 4.90 Å². The topological polar surface area (TPSA) is 67.2 Å². The highest BCUT2D eigenvalue weighted by atomic mass is 32.2. The van der Waals surface area contributed by atoms with Crippen molar-refractivity contribution in [2.24, 2.45) is 0 Å². The molecule has 10 heteroatoms. The molecule has 0 spiro atoms. The first kappa shape index (κ1) is 19.4. The Bertz CT molecular complexity index is 926. The van der Waals surface area contributed by atoms with Gasteiger partial charge in [-0.2, -0.15) is 0 Å². The van der Waals surface area contributed by atoms with Crippen molar-refractivity contribution in [3.8, 4) is 0 Å². The van der Waals surface area contributed by atoms with Crippen molar-refractivity contribution >= 4 is 44.2 Å². The van der Waals surface area contributed by atoms with Gasteiger partial charge >= 0.3 is 0 Å². The molecule has 0 bridgehead atoms. The van der Waals surface area contributed by atoms with Gasteiger partial charge in [0.15, 0.2) is 13.8 Å². The lowest BCUT2D eigenvalue weighted by Gasteiger charge is -2.27. The van der Waals surface area contributed by atoms with Crippen molar-refractivity contribution in [2.75, 3.05) is 23.4 Å². The van der Waals surface area contributed by atoms with E-state index in [0.29, 0.717) is 27.9 Å². The van der Waals surface area contributed by atoms with Crippen LogP contribution >= 0.6 is 23.6 Å². The van der Waals surface area contributed by atoms with Crippen LogP contribution in [0.4, 0.5) is 15.2 Å². The van der Waals surface area contributed by atoms with E-state index in [-0.39, 0.29) is 23.4 Å². The highest BCUT2D eigenvalue weighted by molar-refractivity contribution is 7.91. The molecule has 0 aliphatic carbocycles. The summed E-state index contributed by atoms with van der Waals surface area (Å²) in [5.74, 6) is 0.112. The highest BCUT2D eigenvalue weighted by Crippen LogP contribution is 2.23. The molecule has 0 radical (unpaired) electrons. The summed E-state index contributed by atoms with van der Waals surface area (Å²) >= 11 is 6.70. The number of benzene rings is 1. The van der Waals surface area contributed by atoms with Crippen LogP contribution in [-0.2, 0) is 16.5 Å². The van der Waals surface area contributed by atoms with Gasteiger partial charge in [0.25, 0.3) is 0 Å². The van der Waals surface area contributed by atoms with Crippen LogP contribution in [0.2, 0.25) is 0 Å². The molecule has 6 nitrogen and oxygen atoms in total. The van der Waals surface area contributed by atoms with Crippen LogP contribution in [0.25, 0.3) is 0 Å². The van der Waals surface area contributed by atoms with Crippen LogP contribution in [0.3, 0.4) is 0 Å². The average molecular weight is 417 g/mol. The molecule has 2 aromatic rings. The second-order valence-corrected chi connectivity index (χ2v) is 10.2. The maximum absolute atomic E-state index is 13.3. The Kier molecular flexibility index (Phi) is 6.06. The lowest BCUT2D eigenvalue weighted by molar-refractivity contribution is 0.156. The Morgan fingerprint density at radius 1 is 1.50 bits per heavy atom. The first-order valence-electron chi connectivity index (χ1n) is 8.41. The molecule has 1 unspecified atom stereocenters. The predicted molar refractivity (Wildman–Crippen MR) is 105 cm³/mol. The van der Waals surface area contributed by atoms with E-state index in [1.54, 1.807) is 16.8 Å². The van der Waals surface area contributed by atoms with E-state index in [0.717, 1.165) is 13.0 Å². The summed E-state index contributed by atoms with van der Waals surface area (Å²) in [6.07, 6.45) is 1.57. The third kappa shape index (κ3) is 4.87. The zero-order chi connectivity index (χ0) is 18.7. The minimum atomic E-state index is -2.94. The van der Waals surface area contributed by atoms with E-state index in [2.05, 4.69) is 22.2 Å². The maximum atomic E-state index is 13.3. The van der Waals surface area contributed by atoms with E-state index in [4.69, 9.17) is 12.2 Å². The number of sulfone groups is 1. The number of anilines is 2. The molecule has 1 saturated heterocycles. The summed E-state index contributed by atoms with van der Waals surface area (Å²) < 4.78 is 39.2. The van der Waals surface area contributed by atoms with Gasteiger partial charge in [-0.15, -0.1) is 5.10 Å². The first-order chi connectivity index (χ1) is 12.4. The number of aromatic nitrogens is 2. The maximum Gasteiger partial charge on any atom is 0.209 e. The number of hydrogen-bond acceptors (Lipinski definition) is 7. The lowest BCUT2D eigenvalue weighted by Crippen LogP contribution is -2.38. The number of rotatable bonds is 7. The second-order valence-electron chi connectivity index (χ2n) is 6.32. The van der Waals surface area contributed by atoms with Gasteiger partial charge in [0.05, 0.1) is 18.2 Å². The van der Waals surface area contributed by atoms with E-state index in [1.807, 2.05) is 0 Å². The zero-order valence-corrected chi connectivity index (χ0v) is 16.8. The molecule has 2 heterocycles. The summed E-state index contributed by atoms with van der Waals surface area (Å²) in [5, 5.41) is 8.11. The van der Waals surface area contributed by atoms with Gasteiger partial charge in [0.1, 0.15) is 5.82 Å². The van der Waals surface area contributed by atoms with Crippen LogP contribution in [-0.4, -0.2) is 47.2 Å². The lowest BCUT2D eigenvalue weighted by atomic mass is 10.2. The SMILES string of the molecule is CCCN(Cn1nc(Nc2cccc(F)c2)sc1=S)C1CCS(=O)(=O)C1. The van der Waals surface area contributed by atoms with Crippen LogP contribution in [0.15, 0.2) is 24.3 Å². The quantitative estimate of drug-likeness (QED) is 0.698.